The molecule has 1 heterocycles. The molecule has 0 amide bonds. The second-order valence-corrected chi connectivity index (χ2v) is 6.39. The first-order valence-corrected chi connectivity index (χ1v) is 9.09. The molecule has 1 fully saturated rings. The van der Waals surface area contributed by atoms with Crippen LogP contribution in [-0.4, -0.2) is 31.1 Å². The van der Waals surface area contributed by atoms with Gasteiger partial charge in [-0.3, -0.25) is 0 Å². The molecule has 2 nitrogen and oxygen atoms in total. The molecule has 25 heavy (non-hydrogen) atoms. The van der Waals surface area contributed by atoms with Crippen molar-refractivity contribution in [2.24, 2.45) is 0 Å². The SMILES string of the molecule is C(=C\c1ccccc1OCCCCN1CCCC1)/c1ccccc1.Cl. The second kappa shape index (κ2) is 11.0. The van der Waals surface area contributed by atoms with Gasteiger partial charge in [0.2, 0.25) is 0 Å². The van der Waals surface area contributed by atoms with Crippen LogP contribution in [0.25, 0.3) is 12.2 Å². The maximum absolute atomic E-state index is 6.02. The van der Waals surface area contributed by atoms with Crippen LogP contribution < -0.4 is 4.74 Å². The van der Waals surface area contributed by atoms with E-state index in [0.29, 0.717) is 0 Å². The molecule has 0 unspecified atom stereocenters. The van der Waals surface area contributed by atoms with Crippen molar-refractivity contribution < 1.29 is 4.74 Å². The van der Waals surface area contributed by atoms with Gasteiger partial charge in [0.05, 0.1) is 6.61 Å². The van der Waals surface area contributed by atoms with Gasteiger partial charge in [-0.15, -0.1) is 12.4 Å². The Hall–Kier alpha value is -1.77. The molecule has 0 aliphatic carbocycles. The van der Waals surface area contributed by atoms with Crippen molar-refractivity contribution in [3.63, 3.8) is 0 Å². The molecule has 0 saturated carbocycles. The lowest BCUT2D eigenvalue weighted by Gasteiger charge is -2.14. The normalized spacial score (nSPS) is 14.6. The maximum Gasteiger partial charge on any atom is 0.126 e. The Bertz CT molecular complexity index is 635. The fourth-order valence-corrected chi connectivity index (χ4v) is 3.13. The molecule has 0 N–H and O–H groups in total. The smallest absolute Gasteiger partial charge is 0.126 e. The lowest BCUT2D eigenvalue weighted by Crippen LogP contribution is -2.20. The van der Waals surface area contributed by atoms with Crippen molar-refractivity contribution in [3.05, 3.63) is 65.7 Å². The molecule has 1 aliphatic heterocycles. The Morgan fingerprint density at radius 3 is 2.36 bits per heavy atom. The van der Waals surface area contributed by atoms with E-state index in [9.17, 15) is 0 Å². The van der Waals surface area contributed by atoms with Gasteiger partial charge >= 0.3 is 0 Å². The highest BCUT2D eigenvalue weighted by atomic mass is 35.5. The van der Waals surface area contributed by atoms with E-state index >= 15 is 0 Å². The fraction of sp³-hybridized carbons (Fsp3) is 0.364. The number of unbranched alkanes of at least 4 members (excludes halogenated alkanes) is 1. The van der Waals surface area contributed by atoms with E-state index in [1.165, 1.54) is 44.5 Å². The summed E-state index contributed by atoms with van der Waals surface area (Å²) in [6, 6.07) is 18.6. The summed E-state index contributed by atoms with van der Waals surface area (Å²) >= 11 is 0. The van der Waals surface area contributed by atoms with Gasteiger partial charge < -0.3 is 9.64 Å². The molecule has 1 saturated heterocycles. The van der Waals surface area contributed by atoms with Gasteiger partial charge in [-0.25, -0.2) is 0 Å². The summed E-state index contributed by atoms with van der Waals surface area (Å²) in [6.45, 7) is 4.59. The molecule has 0 aromatic heterocycles. The molecule has 0 spiro atoms. The number of halogens is 1. The molecule has 0 radical (unpaired) electrons. The van der Waals surface area contributed by atoms with E-state index in [4.69, 9.17) is 4.74 Å². The van der Waals surface area contributed by atoms with E-state index in [1.54, 1.807) is 0 Å². The van der Waals surface area contributed by atoms with Crippen LogP contribution in [0.3, 0.4) is 0 Å². The van der Waals surface area contributed by atoms with Gasteiger partial charge in [-0.2, -0.15) is 0 Å². The third-order valence-electron chi connectivity index (χ3n) is 4.50. The molecule has 2 aromatic carbocycles. The van der Waals surface area contributed by atoms with Crippen LogP contribution in [0.4, 0.5) is 0 Å². The minimum Gasteiger partial charge on any atom is -0.493 e. The summed E-state index contributed by atoms with van der Waals surface area (Å²) in [6.07, 6.45) is 9.36. The van der Waals surface area contributed by atoms with Gasteiger partial charge in [-0.1, -0.05) is 60.7 Å². The van der Waals surface area contributed by atoms with Crippen LogP contribution in [0.1, 0.15) is 36.8 Å². The zero-order valence-corrected chi connectivity index (χ0v) is 15.6. The van der Waals surface area contributed by atoms with Crippen molar-refractivity contribution >= 4 is 24.6 Å². The maximum atomic E-state index is 6.02. The zero-order valence-electron chi connectivity index (χ0n) is 14.8. The first-order chi connectivity index (χ1) is 11.9. The molecule has 3 heteroatoms. The van der Waals surface area contributed by atoms with Crippen LogP contribution in [-0.2, 0) is 0 Å². The van der Waals surface area contributed by atoms with Crippen molar-refractivity contribution in [3.8, 4) is 5.75 Å². The predicted molar refractivity (Wildman–Crippen MR) is 109 cm³/mol. The summed E-state index contributed by atoms with van der Waals surface area (Å²) in [4.78, 5) is 2.57. The monoisotopic (exact) mass is 357 g/mol. The average Bonchev–Trinajstić information content (AvgIpc) is 3.15. The van der Waals surface area contributed by atoms with Crippen LogP contribution in [0, 0.1) is 0 Å². The lowest BCUT2D eigenvalue weighted by atomic mass is 10.1. The minimum absolute atomic E-state index is 0. The quantitative estimate of drug-likeness (QED) is 0.454. The largest absolute Gasteiger partial charge is 0.493 e. The zero-order chi connectivity index (χ0) is 16.5. The van der Waals surface area contributed by atoms with Crippen molar-refractivity contribution in [2.75, 3.05) is 26.2 Å². The summed E-state index contributed by atoms with van der Waals surface area (Å²) in [7, 11) is 0. The number of para-hydroxylation sites is 1. The van der Waals surface area contributed by atoms with E-state index in [2.05, 4.69) is 59.5 Å². The highest BCUT2D eigenvalue weighted by molar-refractivity contribution is 5.85. The van der Waals surface area contributed by atoms with Gasteiger partial charge in [-0.05, 0) is 56.9 Å². The van der Waals surface area contributed by atoms with Crippen molar-refractivity contribution in [2.45, 2.75) is 25.7 Å². The predicted octanol–water partition coefficient (Wildman–Crippen LogP) is 5.53. The topological polar surface area (TPSA) is 12.5 Å². The van der Waals surface area contributed by atoms with Gasteiger partial charge in [0.15, 0.2) is 0 Å². The van der Waals surface area contributed by atoms with Gasteiger partial charge in [0.1, 0.15) is 5.75 Å². The number of hydrogen-bond acceptors (Lipinski definition) is 2. The van der Waals surface area contributed by atoms with Gasteiger partial charge in [0, 0.05) is 5.56 Å². The van der Waals surface area contributed by atoms with Crippen molar-refractivity contribution in [1.29, 1.82) is 0 Å². The molecule has 134 valence electrons. The van der Waals surface area contributed by atoms with E-state index in [0.717, 1.165) is 24.3 Å². The number of hydrogen-bond donors (Lipinski definition) is 0. The second-order valence-electron chi connectivity index (χ2n) is 6.39. The molecular weight excluding hydrogens is 330 g/mol. The Morgan fingerprint density at radius 2 is 1.56 bits per heavy atom. The number of benzene rings is 2. The van der Waals surface area contributed by atoms with Crippen molar-refractivity contribution in [1.82, 2.24) is 4.90 Å². The minimum atomic E-state index is 0. The summed E-state index contributed by atoms with van der Waals surface area (Å²) < 4.78 is 6.02. The summed E-state index contributed by atoms with van der Waals surface area (Å²) in [5.41, 5.74) is 2.35. The van der Waals surface area contributed by atoms with E-state index in [1.807, 2.05) is 12.1 Å². The molecular formula is C22H28ClNO. The Balaban J connectivity index is 0.00000225. The number of likely N-dealkylation sites (tertiary alicyclic amines) is 1. The Labute approximate surface area is 157 Å². The third-order valence-corrected chi connectivity index (χ3v) is 4.50. The van der Waals surface area contributed by atoms with E-state index < -0.39 is 0 Å². The average molecular weight is 358 g/mol. The molecule has 3 rings (SSSR count). The Morgan fingerprint density at radius 1 is 0.840 bits per heavy atom. The third kappa shape index (κ3) is 6.56. The van der Waals surface area contributed by atoms with Crippen LogP contribution >= 0.6 is 12.4 Å². The highest BCUT2D eigenvalue weighted by Gasteiger charge is 2.10. The number of ether oxygens (including phenoxy) is 1. The highest BCUT2D eigenvalue weighted by Crippen LogP contribution is 2.21. The molecule has 1 aliphatic rings. The first kappa shape index (κ1) is 19.6. The number of rotatable bonds is 8. The van der Waals surface area contributed by atoms with Crippen LogP contribution in [0.2, 0.25) is 0 Å². The standard InChI is InChI=1S/C22H27NO.ClH/c1-2-10-20(11-3-1)14-15-21-12-4-5-13-22(21)24-19-9-8-18-23-16-6-7-17-23;/h1-5,10-15H,6-9,16-19H2;1H/b15-14+;. The molecule has 0 bridgehead atoms. The first-order valence-electron chi connectivity index (χ1n) is 9.09. The number of nitrogens with zero attached hydrogens (tertiary/aromatic N) is 1. The lowest BCUT2D eigenvalue weighted by molar-refractivity contribution is 0.279. The molecule has 2 aromatic rings. The van der Waals surface area contributed by atoms with Crippen LogP contribution in [0.5, 0.6) is 5.75 Å². The van der Waals surface area contributed by atoms with E-state index in [-0.39, 0.29) is 12.4 Å². The fourth-order valence-electron chi connectivity index (χ4n) is 3.13. The van der Waals surface area contributed by atoms with Crippen LogP contribution in [0.15, 0.2) is 54.6 Å². The summed E-state index contributed by atoms with van der Waals surface area (Å²) in [5, 5.41) is 0. The molecule has 0 atom stereocenters. The Kier molecular flexibility index (Phi) is 8.58. The summed E-state index contributed by atoms with van der Waals surface area (Å²) in [5.74, 6) is 0.978. The van der Waals surface area contributed by atoms with Gasteiger partial charge in [0.25, 0.3) is 0 Å².